The molecule has 0 saturated carbocycles. The van der Waals surface area contributed by atoms with Crippen molar-refractivity contribution in [2.75, 3.05) is 19.4 Å². The minimum absolute atomic E-state index is 0.00509. The molecule has 0 saturated heterocycles. The molecule has 0 aliphatic carbocycles. The molecule has 1 rings (SSSR count). The Kier molecular flexibility index (Phi) is 4.81. The number of carbonyl (C=O) groups excluding carboxylic acids is 1. The summed E-state index contributed by atoms with van der Waals surface area (Å²) in [5.74, 6) is 0.498. The average Bonchev–Trinajstić information content (AvgIpc) is 2.34. The fourth-order valence-corrected chi connectivity index (χ4v) is 1.65. The second-order valence-corrected chi connectivity index (χ2v) is 5.87. The maximum absolute atomic E-state index is 12.1. The molecule has 0 aliphatic rings. The van der Waals surface area contributed by atoms with Crippen molar-refractivity contribution in [3.63, 3.8) is 0 Å². The van der Waals surface area contributed by atoms with Gasteiger partial charge in [0.05, 0.1) is 5.69 Å². The maximum atomic E-state index is 12.1. The molecule has 1 aromatic rings. The van der Waals surface area contributed by atoms with Gasteiger partial charge in [0.2, 0.25) is 0 Å². The lowest BCUT2D eigenvalue weighted by molar-refractivity contribution is -0.135. The van der Waals surface area contributed by atoms with Crippen molar-refractivity contribution in [2.24, 2.45) is 5.41 Å². The van der Waals surface area contributed by atoms with E-state index in [-0.39, 0.29) is 24.0 Å². The summed E-state index contributed by atoms with van der Waals surface area (Å²) < 4.78 is 5.47. The molecule has 1 aromatic carbocycles. The number of nitrogens with zero attached hydrogens (tertiary/aromatic N) is 1. The van der Waals surface area contributed by atoms with E-state index in [1.165, 1.54) is 0 Å². The van der Waals surface area contributed by atoms with Crippen molar-refractivity contribution >= 4 is 11.6 Å². The number of nitrogens with two attached hydrogens (primary N) is 1. The predicted octanol–water partition coefficient (Wildman–Crippen LogP) is 2.54. The largest absolute Gasteiger partial charge is 0.482 e. The number of amides is 1. The summed E-state index contributed by atoms with van der Waals surface area (Å²) >= 11 is 0. The standard InChI is InChI=1S/C15H24N2O2/c1-11(15(2,3)4)17(5)14(18)10-19-13-9-7-6-8-12(13)16/h6-9,11H,10,16H2,1-5H3. The first-order chi connectivity index (χ1) is 8.73. The zero-order valence-electron chi connectivity index (χ0n) is 12.4. The van der Waals surface area contributed by atoms with Crippen LogP contribution in [0, 0.1) is 5.41 Å². The second-order valence-electron chi connectivity index (χ2n) is 5.87. The molecule has 4 heteroatoms. The molecule has 2 N–H and O–H groups in total. The highest BCUT2D eigenvalue weighted by Crippen LogP contribution is 2.23. The average molecular weight is 264 g/mol. The zero-order chi connectivity index (χ0) is 14.6. The third kappa shape index (κ3) is 4.16. The summed E-state index contributed by atoms with van der Waals surface area (Å²) in [5.41, 5.74) is 6.34. The summed E-state index contributed by atoms with van der Waals surface area (Å²) in [6.07, 6.45) is 0. The monoisotopic (exact) mass is 264 g/mol. The van der Waals surface area contributed by atoms with Crippen molar-refractivity contribution in [3.8, 4) is 5.75 Å². The van der Waals surface area contributed by atoms with E-state index in [0.29, 0.717) is 11.4 Å². The molecule has 0 aromatic heterocycles. The van der Waals surface area contributed by atoms with E-state index in [4.69, 9.17) is 10.5 Å². The van der Waals surface area contributed by atoms with E-state index in [2.05, 4.69) is 20.8 Å². The maximum Gasteiger partial charge on any atom is 0.260 e. The van der Waals surface area contributed by atoms with Crippen LogP contribution in [0.5, 0.6) is 5.75 Å². The van der Waals surface area contributed by atoms with Gasteiger partial charge in [-0.25, -0.2) is 0 Å². The minimum atomic E-state index is -0.0503. The van der Waals surface area contributed by atoms with Gasteiger partial charge in [-0.15, -0.1) is 0 Å². The topological polar surface area (TPSA) is 55.6 Å². The van der Waals surface area contributed by atoms with Crippen molar-refractivity contribution in [3.05, 3.63) is 24.3 Å². The van der Waals surface area contributed by atoms with Crippen LogP contribution in [0.25, 0.3) is 0 Å². The number of likely N-dealkylation sites (N-methyl/N-ethyl adjacent to an activating group) is 1. The Balaban J connectivity index is 2.59. The fourth-order valence-electron chi connectivity index (χ4n) is 1.65. The van der Waals surface area contributed by atoms with Gasteiger partial charge in [0, 0.05) is 13.1 Å². The Morgan fingerprint density at radius 1 is 1.37 bits per heavy atom. The first kappa shape index (κ1) is 15.3. The van der Waals surface area contributed by atoms with Crippen molar-refractivity contribution in [2.45, 2.75) is 33.7 Å². The first-order valence-electron chi connectivity index (χ1n) is 6.46. The van der Waals surface area contributed by atoms with Crippen molar-refractivity contribution in [1.82, 2.24) is 4.90 Å². The quantitative estimate of drug-likeness (QED) is 0.850. The van der Waals surface area contributed by atoms with E-state index in [0.717, 1.165) is 0 Å². The van der Waals surface area contributed by atoms with Crippen LogP contribution in [-0.4, -0.2) is 30.5 Å². The van der Waals surface area contributed by atoms with E-state index in [9.17, 15) is 4.79 Å². The minimum Gasteiger partial charge on any atom is -0.482 e. The number of rotatable bonds is 4. The lowest BCUT2D eigenvalue weighted by Crippen LogP contribution is -2.44. The third-order valence-corrected chi connectivity index (χ3v) is 3.50. The summed E-state index contributed by atoms with van der Waals surface area (Å²) in [4.78, 5) is 13.8. The molecule has 4 nitrogen and oxygen atoms in total. The van der Waals surface area contributed by atoms with Gasteiger partial charge in [-0.1, -0.05) is 32.9 Å². The Morgan fingerprint density at radius 3 is 2.47 bits per heavy atom. The van der Waals surface area contributed by atoms with Gasteiger partial charge >= 0.3 is 0 Å². The molecule has 0 fully saturated rings. The van der Waals surface area contributed by atoms with Crippen LogP contribution < -0.4 is 10.5 Å². The summed E-state index contributed by atoms with van der Waals surface area (Å²) in [6.45, 7) is 8.37. The number of para-hydroxylation sites is 2. The van der Waals surface area contributed by atoms with E-state index in [1.54, 1.807) is 24.1 Å². The number of nitrogen functional groups attached to an aromatic ring is 1. The van der Waals surface area contributed by atoms with Crippen LogP contribution in [0.3, 0.4) is 0 Å². The van der Waals surface area contributed by atoms with Gasteiger partial charge in [-0.05, 0) is 24.5 Å². The number of carbonyl (C=O) groups is 1. The molecule has 0 heterocycles. The molecule has 0 spiro atoms. The van der Waals surface area contributed by atoms with E-state index < -0.39 is 0 Å². The predicted molar refractivity (Wildman–Crippen MR) is 78.0 cm³/mol. The Bertz CT molecular complexity index is 438. The SMILES string of the molecule is CC(N(C)C(=O)COc1ccccc1N)C(C)(C)C. The third-order valence-electron chi connectivity index (χ3n) is 3.50. The van der Waals surface area contributed by atoms with E-state index in [1.807, 2.05) is 19.1 Å². The van der Waals surface area contributed by atoms with Crippen LogP contribution in [-0.2, 0) is 4.79 Å². The van der Waals surface area contributed by atoms with Gasteiger partial charge in [0.15, 0.2) is 6.61 Å². The Labute approximate surface area is 115 Å². The molecule has 0 radical (unpaired) electrons. The van der Waals surface area contributed by atoms with Crippen LogP contribution in [0.15, 0.2) is 24.3 Å². The van der Waals surface area contributed by atoms with Gasteiger partial charge in [0.1, 0.15) is 5.75 Å². The Morgan fingerprint density at radius 2 is 1.95 bits per heavy atom. The highest BCUT2D eigenvalue weighted by molar-refractivity contribution is 5.78. The fraction of sp³-hybridized carbons (Fsp3) is 0.533. The highest BCUT2D eigenvalue weighted by atomic mass is 16.5. The molecule has 0 bridgehead atoms. The summed E-state index contributed by atoms with van der Waals surface area (Å²) in [5, 5.41) is 0. The highest BCUT2D eigenvalue weighted by Gasteiger charge is 2.27. The summed E-state index contributed by atoms with van der Waals surface area (Å²) in [6, 6.07) is 7.31. The second kappa shape index (κ2) is 5.95. The van der Waals surface area contributed by atoms with Gasteiger partial charge < -0.3 is 15.4 Å². The zero-order valence-corrected chi connectivity index (χ0v) is 12.4. The van der Waals surface area contributed by atoms with Gasteiger partial charge in [-0.3, -0.25) is 4.79 Å². The van der Waals surface area contributed by atoms with Crippen LogP contribution in [0.2, 0.25) is 0 Å². The summed E-state index contributed by atoms with van der Waals surface area (Å²) in [7, 11) is 1.80. The van der Waals surface area contributed by atoms with E-state index >= 15 is 0 Å². The van der Waals surface area contributed by atoms with Gasteiger partial charge in [0.25, 0.3) is 5.91 Å². The molecule has 1 atom stereocenters. The molecule has 19 heavy (non-hydrogen) atoms. The number of anilines is 1. The number of hydrogen-bond donors (Lipinski definition) is 1. The first-order valence-corrected chi connectivity index (χ1v) is 6.46. The van der Waals surface area contributed by atoms with Crippen LogP contribution in [0.4, 0.5) is 5.69 Å². The van der Waals surface area contributed by atoms with Crippen LogP contribution in [0.1, 0.15) is 27.7 Å². The number of ether oxygens (including phenoxy) is 1. The lowest BCUT2D eigenvalue weighted by Gasteiger charge is -2.35. The molecular weight excluding hydrogens is 240 g/mol. The normalized spacial score (nSPS) is 12.9. The van der Waals surface area contributed by atoms with Gasteiger partial charge in [-0.2, -0.15) is 0 Å². The molecule has 1 unspecified atom stereocenters. The smallest absolute Gasteiger partial charge is 0.260 e. The molecule has 0 aliphatic heterocycles. The molecule has 1 amide bonds. The van der Waals surface area contributed by atoms with Crippen molar-refractivity contribution < 1.29 is 9.53 Å². The number of hydrogen-bond acceptors (Lipinski definition) is 3. The Hall–Kier alpha value is -1.71. The lowest BCUT2D eigenvalue weighted by atomic mass is 9.87. The molecule has 106 valence electrons. The van der Waals surface area contributed by atoms with Crippen molar-refractivity contribution in [1.29, 1.82) is 0 Å². The molecular formula is C15H24N2O2. The van der Waals surface area contributed by atoms with Crippen LogP contribution >= 0.6 is 0 Å². The number of benzene rings is 1.